The van der Waals surface area contributed by atoms with Gasteiger partial charge >= 0.3 is 0 Å². The van der Waals surface area contributed by atoms with Crippen LogP contribution in [0.15, 0.2) is 0 Å². The smallest absolute Gasteiger partial charge is 0.0623 e. The lowest BCUT2D eigenvalue weighted by Gasteiger charge is -2.29. The standard InChI is InChI=1S/C14H29NO/c1-5-15-13(12-8-6-7-9-12)10-11-14(2,3)16-4/h12-13,15H,5-11H2,1-4H3. The Kier molecular flexibility index (Phi) is 5.77. The molecule has 1 aliphatic rings. The summed E-state index contributed by atoms with van der Waals surface area (Å²) in [5, 5.41) is 3.67. The average Bonchev–Trinajstić information content (AvgIpc) is 2.77. The van der Waals surface area contributed by atoms with Gasteiger partial charge in [0.1, 0.15) is 0 Å². The molecule has 1 fully saturated rings. The van der Waals surface area contributed by atoms with E-state index in [0.717, 1.165) is 18.9 Å². The predicted octanol–water partition coefficient (Wildman–Crippen LogP) is 3.36. The molecular formula is C14H29NO. The van der Waals surface area contributed by atoms with Crippen LogP contribution < -0.4 is 5.32 Å². The molecule has 0 radical (unpaired) electrons. The van der Waals surface area contributed by atoms with Crippen LogP contribution in [-0.4, -0.2) is 25.3 Å². The monoisotopic (exact) mass is 227 g/mol. The maximum Gasteiger partial charge on any atom is 0.0623 e. The van der Waals surface area contributed by atoms with Crippen LogP contribution in [0.4, 0.5) is 0 Å². The normalized spacial score (nSPS) is 20.2. The van der Waals surface area contributed by atoms with Gasteiger partial charge in [-0.3, -0.25) is 0 Å². The van der Waals surface area contributed by atoms with E-state index in [1.54, 1.807) is 0 Å². The quantitative estimate of drug-likeness (QED) is 0.720. The first kappa shape index (κ1) is 14.0. The number of hydrogen-bond acceptors (Lipinski definition) is 2. The van der Waals surface area contributed by atoms with Crippen LogP contribution in [0, 0.1) is 5.92 Å². The van der Waals surface area contributed by atoms with Gasteiger partial charge in [0, 0.05) is 13.2 Å². The first-order valence-corrected chi connectivity index (χ1v) is 6.87. The Morgan fingerprint density at radius 1 is 1.31 bits per heavy atom. The molecule has 0 aliphatic heterocycles. The minimum atomic E-state index is 0.0340. The molecule has 0 spiro atoms. The van der Waals surface area contributed by atoms with E-state index in [0.29, 0.717) is 6.04 Å². The Balaban J connectivity index is 2.38. The number of nitrogens with one attached hydrogen (secondary N) is 1. The zero-order chi connectivity index (χ0) is 12.0. The first-order chi connectivity index (χ1) is 7.59. The fourth-order valence-corrected chi connectivity index (χ4v) is 2.73. The van der Waals surface area contributed by atoms with E-state index in [-0.39, 0.29) is 5.60 Å². The lowest BCUT2D eigenvalue weighted by Crippen LogP contribution is -2.37. The van der Waals surface area contributed by atoms with E-state index in [1.807, 2.05) is 7.11 Å². The maximum absolute atomic E-state index is 5.50. The Morgan fingerprint density at radius 3 is 2.44 bits per heavy atom. The molecule has 0 heterocycles. The fourth-order valence-electron chi connectivity index (χ4n) is 2.73. The van der Waals surface area contributed by atoms with E-state index in [4.69, 9.17) is 4.74 Å². The summed E-state index contributed by atoms with van der Waals surface area (Å²) in [6, 6.07) is 0.710. The Morgan fingerprint density at radius 2 is 1.94 bits per heavy atom. The van der Waals surface area contributed by atoms with Crippen LogP contribution in [0.1, 0.15) is 59.3 Å². The second kappa shape index (κ2) is 6.61. The Hall–Kier alpha value is -0.0800. The third-order valence-electron chi connectivity index (χ3n) is 4.05. The summed E-state index contributed by atoms with van der Waals surface area (Å²) < 4.78 is 5.50. The molecule has 1 rings (SSSR count). The molecule has 1 atom stereocenters. The fraction of sp³-hybridized carbons (Fsp3) is 1.00. The number of rotatable bonds is 7. The zero-order valence-corrected chi connectivity index (χ0v) is 11.5. The van der Waals surface area contributed by atoms with E-state index in [1.165, 1.54) is 32.1 Å². The van der Waals surface area contributed by atoms with Crippen LogP contribution in [0.25, 0.3) is 0 Å². The SMILES string of the molecule is CCNC(CCC(C)(C)OC)C1CCCC1. The molecule has 0 aromatic carbocycles. The second-order valence-electron chi connectivity index (χ2n) is 5.71. The minimum absolute atomic E-state index is 0.0340. The van der Waals surface area contributed by atoms with Crippen LogP contribution >= 0.6 is 0 Å². The van der Waals surface area contributed by atoms with Crippen molar-refractivity contribution in [3.8, 4) is 0 Å². The summed E-state index contributed by atoms with van der Waals surface area (Å²) in [5.74, 6) is 0.910. The summed E-state index contributed by atoms with van der Waals surface area (Å²) in [6.07, 6.45) is 8.10. The molecule has 96 valence electrons. The third kappa shape index (κ3) is 4.42. The molecule has 1 aliphatic carbocycles. The molecular weight excluding hydrogens is 198 g/mol. The Labute approximate surface area is 101 Å². The number of hydrogen-bond donors (Lipinski definition) is 1. The first-order valence-electron chi connectivity index (χ1n) is 6.87. The highest BCUT2D eigenvalue weighted by molar-refractivity contribution is 4.82. The zero-order valence-electron chi connectivity index (χ0n) is 11.5. The van der Waals surface area contributed by atoms with Crippen molar-refractivity contribution in [2.24, 2.45) is 5.92 Å². The summed E-state index contributed by atoms with van der Waals surface area (Å²) in [7, 11) is 1.82. The highest BCUT2D eigenvalue weighted by Crippen LogP contribution is 2.31. The molecule has 0 aromatic rings. The van der Waals surface area contributed by atoms with Crippen LogP contribution in [0.3, 0.4) is 0 Å². The van der Waals surface area contributed by atoms with Crippen molar-refractivity contribution < 1.29 is 4.74 Å². The van der Waals surface area contributed by atoms with Crippen molar-refractivity contribution in [2.45, 2.75) is 70.9 Å². The van der Waals surface area contributed by atoms with Gasteiger partial charge in [-0.25, -0.2) is 0 Å². The summed E-state index contributed by atoms with van der Waals surface area (Å²) in [4.78, 5) is 0. The molecule has 0 aromatic heterocycles. The number of ether oxygens (including phenoxy) is 1. The number of methoxy groups -OCH3 is 1. The molecule has 1 saturated carbocycles. The summed E-state index contributed by atoms with van der Waals surface area (Å²) in [6.45, 7) is 7.67. The van der Waals surface area contributed by atoms with E-state index in [2.05, 4.69) is 26.1 Å². The summed E-state index contributed by atoms with van der Waals surface area (Å²) in [5.41, 5.74) is 0.0340. The highest BCUT2D eigenvalue weighted by atomic mass is 16.5. The van der Waals surface area contributed by atoms with Crippen LogP contribution in [-0.2, 0) is 4.74 Å². The lowest BCUT2D eigenvalue weighted by atomic mass is 9.90. The molecule has 16 heavy (non-hydrogen) atoms. The summed E-state index contributed by atoms with van der Waals surface area (Å²) >= 11 is 0. The van der Waals surface area contributed by atoms with Crippen molar-refractivity contribution in [3.05, 3.63) is 0 Å². The van der Waals surface area contributed by atoms with Gasteiger partial charge in [0.05, 0.1) is 5.60 Å². The van der Waals surface area contributed by atoms with Gasteiger partial charge in [-0.2, -0.15) is 0 Å². The van der Waals surface area contributed by atoms with Gasteiger partial charge in [-0.1, -0.05) is 19.8 Å². The van der Waals surface area contributed by atoms with Gasteiger partial charge in [0.2, 0.25) is 0 Å². The molecule has 1 N–H and O–H groups in total. The van der Waals surface area contributed by atoms with E-state index >= 15 is 0 Å². The average molecular weight is 227 g/mol. The third-order valence-corrected chi connectivity index (χ3v) is 4.05. The molecule has 2 nitrogen and oxygen atoms in total. The maximum atomic E-state index is 5.50. The predicted molar refractivity (Wildman–Crippen MR) is 69.7 cm³/mol. The van der Waals surface area contributed by atoms with Crippen molar-refractivity contribution in [2.75, 3.05) is 13.7 Å². The Bertz CT molecular complexity index is 185. The van der Waals surface area contributed by atoms with Crippen LogP contribution in [0.5, 0.6) is 0 Å². The van der Waals surface area contributed by atoms with Crippen molar-refractivity contribution in [1.82, 2.24) is 5.32 Å². The van der Waals surface area contributed by atoms with Gasteiger partial charge in [0.15, 0.2) is 0 Å². The minimum Gasteiger partial charge on any atom is -0.379 e. The van der Waals surface area contributed by atoms with Gasteiger partial charge in [-0.05, 0) is 52.0 Å². The van der Waals surface area contributed by atoms with Crippen LogP contribution in [0.2, 0.25) is 0 Å². The van der Waals surface area contributed by atoms with Crippen molar-refractivity contribution in [3.63, 3.8) is 0 Å². The largest absolute Gasteiger partial charge is 0.379 e. The lowest BCUT2D eigenvalue weighted by molar-refractivity contribution is 0.0103. The molecule has 1 unspecified atom stereocenters. The van der Waals surface area contributed by atoms with Gasteiger partial charge in [-0.15, -0.1) is 0 Å². The molecule has 0 amide bonds. The van der Waals surface area contributed by atoms with Gasteiger partial charge < -0.3 is 10.1 Å². The van der Waals surface area contributed by atoms with Crippen molar-refractivity contribution >= 4 is 0 Å². The van der Waals surface area contributed by atoms with E-state index < -0.39 is 0 Å². The van der Waals surface area contributed by atoms with Crippen molar-refractivity contribution in [1.29, 1.82) is 0 Å². The molecule has 0 saturated heterocycles. The highest BCUT2D eigenvalue weighted by Gasteiger charge is 2.26. The van der Waals surface area contributed by atoms with E-state index in [9.17, 15) is 0 Å². The second-order valence-corrected chi connectivity index (χ2v) is 5.71. The molecule has 0 bridgehead atoms. The molecule has 2 heteroatoms. The topological polar surface area (TPSA) is 21.3 Å². The van der Waals surface area contributed by atoms with Gasteiger partial charge in [0.25, 0.3) is 0 Å².